The Balaban J connectivity index is 1.82. The average molecular weight is 487 g/mol. The van der Waals surface area contributed by atoms with E-state index >= 15 is 0 Å². The lowest BCUT2D eigenvalue weighted by Gasteiger charge is -2.12. The van der Waals surface area contributed by atoms with Gasteiger partial charge in [0, 0.05) is 10.9 Å². The second kappa shape index (κ2) is 9.80. The molecule has 0 bridgehead atoms. The third kappa shape index (κ3) is 4.72. The number of thiophene rings is 1. The van der Waals surface area contributed by atoms with Crippen LogP contribution < -0.4 is 5.32 Å². The number of fused-ring (bicyclic) bond motifs is 1. The summed E-state index contributed by atoms with van der Waals surface area (Å²) in [5.41, 5.74) is 5.72. The molecule has 178 valence electrons. The second-order valence-electron chi connectivity index (χ2n) is 8.36. The van der Waals surface area contributed by atoms with E-state index in [-0.39, 0.29) is 18.0 Å². The molecule has 0 spiro atoms. The number of hydrogen-bond acceptors (Lipinski definition) is 6. The van der Waals surface area contributed by atoms with Crippen molar-refractivity contribution in [3.63, 3.8) is 0 Å². The Morgan fingerprint density at radius 1 is 1.00 bits per heavy atom. The molecular formula is C28H26N2O4S. The summed E-state index contributed by atoms with van der Waals surface area (Å²) < 4.78 is 5.19. The number of pyridine rings is 1. The van der Waals surface area contributed by atoms with Crippen molar-refractivity contribution in [1.29, 1.82) is 0 Å². The van der Waals surface area contributed by atoms with E-state index in [0.29, 0.717) is 37.6 Å². The van der Waals surface area contributed by atoms with Gasteiger partial charge >= 0.3 is 5.97 Å². The molecule has 4 aromatic rings. The van der Waals surface area contributed by atoms with E-state index in [9.17, 15) is 14.4 Å². The first-order valence-corrected chi connectivity index (χ1v) is 12.1. The van der Waals surface area contributed by atoms with Gasteiger partial charge in [0.1, 0.15) is 5.00 Å². The highest BCUT2D eigenvalue weighted by Gasteiger charge is 2.26. The van der Waals surface area contributed by atoms with Crippen molar-refractivity contribution >= 4 is 44.9 Å². The molecule has 2 aromatic heterocycles. The lowest BCUT2D eigenvalue weighted by atomic mass is 10.0. The number of benzene rings is 2. The molecular weight excluding hydrogens is 460 g/mol. The van der Waals surface area contributed by atoms with Crippen LogP contribution in [0.4, 0.5) is 5.00 Å². The number of aromatic nitrogens is 1. The number of hydrogen-bond donors (Lipinski definition) is 1. The molecule has 4 rings (SSSR count). The van der Waals surface area contributed by atoms with Crippen LogP contribution in [0.5, 0.6) is 0 Å². The number of carbonyl (C=O) groups excluding carboxylic acids is 3. The summed E-state index contributed by atoms with van der Waals surface area (Å²) in [6.45, 7) is 9.11. The average Bonchev–Trinajstić information content (AvgIpc) is 3.16. The minimum absolute atomic E-state index is 0.176. The normalized spacial score (nSPS) is 10.9. The monoisotopic (exact) mass is 486 g/mol. The molecule has 0 fully saturated rings. The van der Waals surface area contributed by atoms with Gasteiger partial charge in [-0.25, -0.2) is 9.78 Å². The Bertz CT molecular complexity index is 1490. The van der Waals surface area contributed by atoms with Crippen LogP contribution in [0.25, 0.3) is 22.2 Å². The van der Waals surface area contributed by atoms with Crippen LogP contribution in [0, 0.1) is 20.8 Å². The van der Waals surface area contributed by atoms with Crippen LogP contribution in [0.2, 0.25) is 0 Å². The summed E-state index contributed by atoms with van der Waals surface area (Å²) in [7, 11) is 0. The van der Waals surface area contributed by atoms with Gasteiger partial charge in [0.05, 0.1) is 33.8 Å². The van der Waals surface area contributed by atoms with E-state index < -0.39 is 11.9 Å². The summed E-state index contributed by atoms with van der Waals surface area (Å²) in [6, 6.07) is 15.3. The van der Waals surface area contributed by atoms with E-state index in [4.69, 9.17) is 9.72 Å². The number of esters is 1. The summed E-state index contributed by atoms with van der Waals surface area (Å²) in [5, 5.41) is 3.86. The number of ether oxygens (including phenoxy) is 1. The molecule has 0 unspecified atom stereocenters. The minimum atomic E-state index is -0.570. The van der Waals surface area contributed by atoms with Crippen molar-refractivity contribution in [3.8, 4) is 11.3 Å². The minimum Gasteiger partial charge on any atom is -0.462 e. The zero-order valence-electron chi connectivity index (χ0n) is 20.3. The van der Waals surface area contributed by atoms with Crippen molar-refractivity contribution in [2.24, 2.45) is 0 Å². The van der Waals surface area contributed by atoms with Gasteiger partial charge in [-0.3, -0.25) is 9.59 Å². The third-order valence-corrected chi connectivity index (χ3v) is 7.24. The number of ketones is 1. The number of amides is 1. The van der Waals surface area contributed by atoms with E-state index in [1.165, 1.54) is 12.5 Å². The van der Waals surface area contributed by atoms with Crippen molar-refractivity contribution < 1.29 is 19.1 Å². The second-order valence-corrected chi connectivity index (χ2v) is 9.38. The molecule has 2 heterocycles. The summed E-state index contributed by atoms with van der Waals surface area (Å²) in [6.07, 6.45) is 0. The van der Waals surface area contributed by atoms with Crippen molar-refractivity contribution in [2.45, 2.75) is 34.6 Å². The van der Waals surface area contributed by atoms with E-state index in [2.05, 4.69) is 11.4 Å². The number of para-hydroxylation sites is 1. The van der Waals surface area contributed by atoms with Gasteiger partial charge in [0.25, 0.3) is 5.91 Å². The molecule has 0 atom stereocenters. The Labute approximate surface area is 208 Å². The molecule has 0 saturated heterocycles. The van der Waals surface area contributed by atoms with Gasteiger partial charge in [0.15, 0.2) is 5.78 Å². The predicted molar refractivity (Wildman–Crippen MR) is 140 cm³/mol. The first kappa shape index (κ1) is 24.3. The molecule has 0 aliphatic heterocycles. The molecule has 1 N–H and O–H groups in total. The number of carbonyl (C=O) groups is 3. The first-order chi connectivity index (χ1) is 16.7. The number of aryl methyl sites for hydroxylation is 2. The molecule has 0 radical (unpaired) electrons. The fourth-order valence-electron chi connectivity index (χ4n) is 3.97. The lowest BCUT2D eigenvalue weighted by Crippen LogP contribution is -2.15. The first-order valence-electron chi connectivity index (χ1n) is 11.3. The lowest BCUT2D eigenvalue weighted by molar-refractivity contribution is 0.0527. The Kier molecular flexibility index (Phi) is 6.80. The van der Waals surface area contributed by atoms with Crippen LogP contribution in [-0.2, 0) is 4.74 Å². The fraction of sp³-hybridized carbons (Fsp3) is 0.214. The smallest absolute Gasteiger partial charge is 0.341 e. The van der Waals surface area contributed by atoms with E-state index in [1.807, 2.05) is 50.2 Å². The molecule has 0 aliphatic carbocycles. The van der Waals surface area contributed by atoms with E-state index in [1.54, 1.807) is 19.9 Å². The molecule has 0 saturated carbocycles. The van der Waals surface area contributed by atoms with Crippen LogP contribution in [0.1, 0.15) is 60.9 Å². The Morgan fingerprint density at radius 2 is 1.74 bits per heavy atom. The molecule has 35 heavy (non-hydrogen) atoms. The Morgan fingerprint density at radius 3 is 2.43 bits per heavy atom. The van der Waals surface area contributed by atoms with Crippen molar-refractivity contribution in [1.82, 2.24) is 4.98 Å². The van der Waals surface area contributed by atoms with Gasteiger partial charge in [-0.1, -0.05) is 30.3 Å². The SMILES string of the molecule is CCOC(=O)c1c(NC(=O)c2cc(-c3ccc(C)c(C)c3)nc3ccccc23)sc(C(C)=O)c1C. The van der Waals surface area contributed by atoms with Gasteiger partial charge in [-0.15, -0.1) is 11.3 Å². The number of nitrogens with one attached hydrogen (secondary N) is 1. The molecule has 6 nitrogen and oxygen atoms in total. The maximum atomic E-state index is 13.6. The molecule has 2 aromatic carbocycles. The number of nitrogens with zero attached hydrogens (tertiary/aromatic N) is 1. The molecule has 1 amide bonds. The van der Waals surface area contributed by atoms with Crippen molar-refractivity contribution in [3.05, 3.63) is 81.2 Å². The molecule has 7 heteroatoms. The maximum Gasteiger partial charge on any atom is 0.341 e. The fourth-order valence-corrected chi connectivity index (χ4v) is 5.05. The topological polar surface area (TPSA) is 85.4 Å². The van der Waals surface area contributed by atoms with Gasteiger partial charge in [-0.2, -0.15) is 0 Å². The van der Waals surface area contributed by atoms with Gasteiger partial charge < -0.3 is 10.1 Å². The zero-order chi connectivity index (χ0) is 25.3. The Hall–Kier alpha value is -3.84. The summed E-state index contributed by atoms with van der Waals surface area (Å²) >= 11 is 1.08. The summed E-state index contributed by atoms with van der Waals surface area (Å²) in [5.74, 6) is -1.14. The highest BCUT2D eigenvalue weighted by Crippen LogP contribution is 2.35. The van der Waals surface area contributed by atoms with Crippen LogP contribution in [0.15, 0.2) is 48.5 Å². The van der Waals surface area contributed by atoms with E-state index in [0.717, 1.165) is 22.5 Å². The number of rotatable bonds is 6. The zero-order valence-corrected chi connectivity index (χ0v) is 21.1. The quantitative estimate of drug-likeness (QED) is 0.248. The number of anilines is 1. The van der Waals surface area contributed by atoms with Gasteiger partial charge in [-0.05, 0) is 69.5 Å². The highest BCUT2D eigenvalue weighted by atomic mass is 32.1. The van der Waals surface area contributed by atoms with Gasteiger partial charge in [0.2, 0.25) is 0 Å². The number of Topliss-reactive ketones (excluding diaryl/α,β-unsaturated/α-hetero) is 1. The maximum absolute atomic E-state index is 13.6. The van der Waals surface area contributed by atoms with Crippen LogP contribution >= 0.6 is 11.3 Å². The largest absolute Gasteiger partial charge is 0.462 e. The molecule has 0 aliphatic rings. The van der Waals surface area contributed by atoms with Crippen LogP contribution in [0.3, 0.4) is 0 Å². The summed E-state index contributed by atoms with van der Waals surface area (Å²) in [4.78, 5) is 43.6. The predicted octanol–water partition coefficient (Wildman–Crippen LogP) is 6.52. The van der Waals surface area contributed by atoms with Crippen LogP contribution in [-0.4, -0.2) is 29.3 Å². The highest BCUT2D eigenvalue weighted by molar-refractivity contribution is 7.18. The standard InChI is InChI=1S/C28H26N2O4S/c1-6-34-28(33)24-17(4)25(18(5)31)35-27(24)30-26(32)21-14-23(19-12-11-15(2)16(3)13-19)29-22-10-8-7-9-20(21)22/h7-14H,6H2,1-5H3,(H,30,32). The third-order valence-electron chi connectivity index (χ3n) is 5.94. The van der Waals surface area contributed by atoms with Crippen molar-refractivity contribution in [2.75, 3.05) is 11.9 Å².